The van der Waals surface area contributed by atoms with Crippen LogP contribution in [0.3, 0.4) is 0 Å². The van der Waals surface area contributed by atoms with Gasteiger partial charge in [0.05, 0.1) is 22.1 Å². The van der Waals surface area contributed by atoms with E-state index in [-0.39, 0.29) is 5.56 Å². The SMILES string of the molecule is CN1CCN(CCNC2=NC(=O)C(=Cc3ccc(Oc4ccc(C#N)cc4C(F)(F)F)c(F)c3)S2)CC1. The molecule has 1 saturated heterocycles. The third-order valence-electron chi connectivity index (χ3n) is 5.81. The van der Waals surface area contributed by atoms with Crippen molar-refractivity contribution in [3.8, 4) is 17.6 Å². The number of halogens is 4. The van der Waals surface area contributed by atoms with Crippen LogP contribution in [0.4, 0.5) is 17.6 Å². The molecule has 1 amide bonds. The van der Waals surface area contributed by atoms with Crippen molar-refractivity contribution in [2.45, 2.75) is 6.18 Å². The number of amides is 1. The third-order valence-corrected chi connectivity index (χ3v) is 6.75. The summed E-state index contributed by atoms with van der Waals surface area (Å²) in [6, 6.07) is 8.07. The van der Waals surface area contributed by atoms with Gasteiger partial charge in [-0.1, -0.05) is 6.07 Å². The highest BCUT2D eigenvalue weighted by molar-refractivity contribution is 8.18. The number of alkyl halides is 3. The maximum Gasteiger partial charge on any atom is 0.420 e. The smallest absolute Gasteiger partial charge is 0.420 e. The Morgan fingerprint density at radius 3 is 2.57 bits per heavy atom. The molecule has 0 unspecified atom stereocenters. The van der Waals surface area contributed by atoms with E-state index in [1.54, 1.807) is 6.07 Å². The molecule has 0 bridgehead atoms. The quantitative estimate of drug-likeness (QED) is 0.438. The van der Waals surface area contributed by atoms with E-state index in [0.717, 1.165) is 62.7 Å². The Kier molecular flexibility index (Phi) is 8.16. The van der Waals surface area contributed by atoms with Crippen LogP contribution in [0.15, 0.2) is 46.3 Å². The van der Waals surface area contributed by atoms with Crippen molar-refractivity contribution in [1.29, 1.82) is 5.26 Å². The zero-order chi connectivity index (χ0) is 26.6. The molecule has 0 aliphatic carbocycles. The highest BCUT2D eigenvalue weighted by atomic mass is 32.2. The normalized spacial score (nSPS) is 18.1. The first kappa shape index (κ1) is 26.7. The van der Waals surface area contributed by atoms with Gasteiger partial charge in [0.25, 0.3) is 5.91 Å². The van der Waals surface area contributed by atoms with E-state index in [4.69, 9.17) is 10.00 Å². The zero-order valence-electron chi connectivity index (χ0n) is 19.8. The molecule has 0 spiro atoms. The Bertz CT molecular complexity index is 1280. The van der Waals surface area contributed by atoms with Crippen LogP contribution in [-0.4, -0.2) is 67.2 Å². The number of amidine groups is 1. The van der Waals surface area contributed by atoms with Gasteiger partial charge in [0.1, 0.15) is 5.75 Å². The van der Waals surface area contributed by atoms with E-state index in [9.17, 15) is 22.4 Å². The fourth-order valence-corrected chi connectivity index (χ4v) is 4.59. The van der Waals surface area contributed by atoms with Crippen LogP contribution in [0.1, 0.15) is 16.7 Å². The van der Waals surface area contributed by atoms with Crippen LogP contribution in [0, 0.1) is 17.1 Å². The Balaban J connectivity index is 1.38. The second-order valence-electron chi connectivity index (χ2n) is 8.52. The second kappa shape index (κ2) is 11.3. The van der Waals surface area contributed by atoms with Crippen LogP contribution < -0.4 is 10.1 Å². The summed E-state index contributed by atoms with van der Waals surface area (Å²) < 4.78 is 60.0. The molecule has 12 heteroatoms. The van der Waals surface area contributed by atoms with Crippen molar-refractivity contribution in [3.63, 3.8) is 0 Å². The lowest BCUT2D eigenvalue weighted by Gasteiger charge is -2.32. The monoisotopic (exact) mass is 533 g/mol. The Morgan fingerprint density at radius 2 is 1.89 bits per heavy atom. The fourth-order valence-electron chi connectivity index (χ4n) is 3.75. The molecule has 0 radical (unpaired) electrons. The number of piperazine rings is 1. The first-order valence-corrected chi connectivity index (χ1v) is 12.2. The minimum atomic E-state index is -4.79. The molecule has 4 rings (SSSR count). The number of nitrogens with one attached hydrogen (secondary N) is 1. The largest absolute Gasteiger partial charge is 0.454 e. The van der Waals surface area contributed by atoms with Gasteiger partial charge < -0.3 is 15.0 Å². The summed E-state index contributed by atoms with van der Waals surface area (Å²) in [4.78, 5) is 21.2. The number of hydrogen-bond donors (Lipinski definition) is 1. The summed E-state index contributed by atoms with van der Waals surface area (Å²) in [7, 11) is 2.09. The van der Waals surface area contributed by atoms with Crippen molar-refractivity contribution in [2.75, 3.05) is 46.3 Å². The standard InChI is InChI=1S/C25H23F4N5O2S/c1-33-8-10-34(11-9-33)7-6-31-24-32-23(35)22(37-24)14-16-2-5-21(19(26)13-16)36-20-4-3-17(15-30)12-18(20)25(27,28)29/h2-5,12-14H,6-11H2,1H3,(H,31,32,35). The minimum absolute atomic E-state index is 0.198. The van der Waals surface area contributed by atoms with Gasteiger partial charge in [0, 0.05) is 39.3 Å². The van der Waals surface area contributed by atoms with Crippen LogP contribution in [0.5, 0.6) is 11.5 Å². The van der Waals surface area contributed by atoms with Crippen molar-refractivity contribution >= 4 is 28.9 Å². The maximum atomic E-state index is 14.7. The number of ether oxygens (including phenoxy) is 1. The first-order chi connectivity index (χ1) is 17.6. The van der Waals surface area contributed by atoms with E-state index in [0.29, 0.717) is 28.2 Å². The molecule has 0 saturated carbocycles. The van der Waals surface area contributed by atoms with Gasteiger partial charge in [-0.25, -0.2) is 4.39 Å². The summed E-state index contributed by atoms with van der Waals surface area (Å²) in [5.41, 5.74) is -1.06. The zero-order valence-corrected chi connectivity index (χ0v) is 20.6. The van der Waals surface area contributed by atoms with E-state index < -0.39 is 35.0 Å². The number of likely N-dealkylation sites (N-methyl/N-ethyl adjacent to an activating group) is 1. The summed E-state index contributed by atoms with van der Waals surface area (Å²) >= 11 is 1.14. The van der Waals surface area contributed by atoms with Crippen LogP contribution in [-0.2, 0) is 11.0 Å². The molecule has 0 atom stereocenters. The molecule has 37 heavy (non-hydrogen) atoms. The first-order valence-electron chi connectivity index (χ1n) is 11.4. The van der Waals surface area contributed by atoms with Crippen molar-refractivity contribution in [2.24, 2.45) is 4.99 Å². The average molecular weight is 534 g/mol. The number of nitrogens with zero attached hydrogens (tertiary/aromatic N) is 4. The summed E-state index contributed by atoms with van der Waals surface area (Å²) in [5, 5.41) is 12.5. The predicted octanol–water partition coefficient (Wildman–Crippen LogP) is 4.32. The van der Waals surface area contributed by atoms with Crippen LogP contribution in [0.2, 0.25) is 0 Å². The van der Waals surface area contributed by atoms with Gasteiger partial charge >= 0.3 is 6.18 Å². The Morgan fingerprint density at radius 1 is 1.16 bits per heavy atom. The number of rotatable bonds is 6. The second-order valence-corrected chi connectivity index (χ2v) is 9.55. The highest BCUT2D eigenvalue weighted by Gasteiger charge is 2.35. The number of aliphatic imine (C=N–C) groups is 1. The lowest BCUT2D eigenvalue weighted by atomic mass is 10.1. The van der Waals surface area contributed by atoms with Crippen molar-refractivity contribution in [3.05, 3.63) is 63.8 Å². The third kappa shape index (κ3) is 6.88. The molecule has 1 fully saturated rings. The molecule has 7 nitrogen and oxygen atoms in total. The Labute approximate surface area is 215 Å². The van der Waals surface area contributed by atoms with Gasteiger partial charge in [0.2, 0.25) is 0 Å². The molecule has 0 aromatic heterocycles. The maximum absolute atomic E-state index is 14.7. The van der Waals surface area contributed by atoms with Crippen LogP contribution in [0.25, 0.3) is 6.08 Å². The molecular weight excluding hydrogens is 510 g/mol. The van der Waals surface area contributed by atoms with E-state index in [2.05, 4.69) is 27.2 Å². The average Bonchev–Trinajstić information content (AvgIpc) is 3.20. The van der Waals surface area contributed by atoms with Gasteiger partial charge in [0.15, 0.2) is 16.7 Å². The minimum Gasteiger partial charge on any atom is -0.454 e. The molecule has 2 heterocycles. The number of nitriles is 1. The Hall–Kier alpha value is -3.40. The topological polar surface area (TPSA) is 81.0 Å². The number of benzene rings is 2. The molecule has 2 aromatic rings. The predicted molar refractivity (Wildman–Crippen MR) is 133 cm³/mol. The lowest BCUT2D eigenvalue weighted by Crippen LogP contribution is -2.46. The number of carbonyl (C=O) groups is 1. The molecule has 2 aromatic carbocycles. The summed E-state index contributed by atoms with van der Waals surface area (Å²) in [6.45, 7) is 5.44. The highest BCUT2D eigenvalue weighted by Crippen LogP contribution is 2.39. The summed E-state index contributed by atoms with van der Waals surface area (Å²) in [5.74, 6) is -2.42. The number of thioether (sulfide) groups is 1. The lowest BCUT2D eigenvalue weighted by molar-refractivity contribution is -0.138. The van der Waals surface area contributed by atoms with E-state index in [1.165, 1.54) is 18.2 Å². The molecule has 2 aliphatic rings. The van der Waals surface area contributed by atoms with Gasteiger partial charge in [-0.15, -0.1) is 0 Å². The van der Waals surface area contributed by atoms with Crippen molar-refractivity contribution < 1.29 is 27.1 Å². The van der Waals surface area contributed by atoms with Crippen LogP contribution >= 0.6 is 11.8 Å². The van der Waals surface area contributed by atoms with Gasteiger partial charge in [-0.3, -0.25) is 9.69 Å². The molecule has 2 aliphatic heterocycles. The van der Waals surface area contributed by atoms with Gasteiger partial charge in [-0.05, 0) is 60.8 Å². The number of carbonyl (C=O) groups excluding carboxylic acids is 1. The molecule has 1 N–H and O–H groups in total. The van der Waals surface area contributed by atoms with E-state index >= 15 is 0 Å². The molecular formula is C25H23F4N5O2S. The summed E-state index contributed by atoms with van der Waals surface area (Å²) in [6.07, 6.45) is -3.33. The van der Waals surface area contributed by atoms with Crippen molar-refractivity contribution in [1.82, 2.24) is 15.1 Å². The molecule has 194 valence electrons. The van der Waals surface area contributed by atoms with Gasteiger partial charge in [-0.2, -0.15) is 23.4 Å². The number of hydrogen-bond acceptors (Lipinski definition) is 7. The fraction of sp³-hybridized carbons (Fsp3) is 0.320. The van der Waals surface area contributed by atoms with E-state index in [1.807, 2.05) is 0 Å².